The molecular weight excluding hydrogens is 488 g/mol. The van der Waals surface area contributed by atoms with Crippen LogP contribution in [0.4, 0.5) is 4.79 Å². The molecule has 5 rings (SSSR count). The summed E-state index contributed by atoms with van der Waals surface area (Å²) in [5.74, 6) is 1.80. The number of imide groups is 1. The van der Waals surface area contributed by atoms with E-state index >= 15 is 0 Å². The van der Waals surface area contributed by atoms with E-state index in [1.807, 2.05) is 48.5 Å². The molecule has 0 bridgehead atoms. The minimum atomic E-state index is -1.11. The number of aromatic nitrogens is 2. The first kappa shape index (κ1) is 20.9. The molecule has 3 amide bonds. The summed E-state index contributed by atoms with van der Waals surface area (Å²) in [6.07, 6.45) is 0. The van der Waals surface area contributed by atoms with E-state index in [0.717, 1.165) is 21.3 Å². The highest BCUT2D eigenvalue weighted by molar-refractivity contribution is 9.10. The predicted octanol–water partition coefficient (Wildman–Crippen LogP) is 5.01. The van der Waals surface area contributed by atoms with E-state index in [1.54, 1.807) is 31.2 Å². The lowest BCUT2D eigenvalue weighted by atomic mass is 9.91. The molecule has 1 saturated heterocycles. The molecule has 2 N–H and O–H groups in total. The van der Waals surface area contributed by atoms with Crippen LogP contribution in [0.2, 0.25) is 0 Å². The lowest BCUT2D eigenvalue weighted by molar-refractivity contribution is -0.123. The van der Waals surface area contributed by atoms with Crippen LogP contribution < -0.4 is 15.4 Å². The normalized spacial score (nSPS) is 17.5. The van der Waals surface area contributed by atoms with Gasteiger partial charge in [0.05, 0.1) is 0 Å². The van der Waals surface area contributed by atoms with Gasteiger partial charge in [-0.15, -0.1) is 0 Å². The molecule has 9 heteroatoms. The Morgan fingerprint density at radius 1 is 0.939 bits per heavy atom. The molecule has 0 spiro atoms. The second-order valence-electron chi connectivity index (χ2n) is 7.62. The number of halogens is 1. The first-order chi connectivity index (χ1) is 15.9. The van der Waals surface area contributed by atoms with Crippen LogP contribution in [0.15, 0.2) is 81.8 Å². The summed E-state index contributed by atoms with van der Waals surface area (Å²) < 4.78 is 12.2. The van der Waals surface area contributed by atoms with Gasteiger partial charge in [0.1, 0.15) is 17.0 Å². The number of amides is 3. The Hall–Kier alpha value is -3.98. The Bertz CT molecular complexity index is 1350. The number of ether oxygens (including phenoxy) is 1. The van der Waals surface area contributed by atoms with Crippen LogP contribution in [0.1, 0.15) is 12.5 Å². The zero-order valence-electron chi connectivity index (χ0n) is 17.3. The van der Waals surface area contributed by atoms with Crippen LogP contribution in [-0.4, -0.2) is 22.1 Å². The molecule has 1 atom stereocenters. The SMILES string of the molecule is CC1(c2ccc(-c3noc(-c4ccc(Oc5cccc(Br)c5)cc4)n3)cc2)NC(=O)NC1=O. The standard InChI is InChI=1S/C24H17BrN4O4/c1-24(22(30)27-23(31)28-24)16-9-5-14(6-10-16)20-26-21(33-29-20)15-7-11-18(12-8-15)32-19-4-2-3-17(25)13-19/h2-13H,1H3,(H2,27,28,30,31). The molecule has 0 radical (unpaired) electrons. The number of carbonyl (C=O) groups excluding carboxylic acids is 2. The second-order valence-corrected chi connectivity index (χ2v) is 8.53. The van der Waals surface area contributed by atoms with E-state index in [-0.39, 0.29) is 0 Å². The average molecular weight is 505 g/mol. The number of benzene rings is 3. The zero-order chi connectivity index (χ0) is 23.0. The first-order valence-corrected chi connectivity index (χ1v) is 10.8. The number of urea groups is 1. The molecule has 1 aromatic heterocycles. The van der Waals surface area contributed by atoms with Crippen molar-refractivity contribution in [2.75, 3.05) is 0 Å². The van der Waals surface area contributed by atoms with E-state index in [1.165, 1.54) is 0 Å². The van der Waals surface area contributed by atoms with Gasteiger partial charge in [-0.25, -0.2) is 4.79 Å². The number of hydrogen-bond donors (Lipinski definition) is 2. The van der Waals surface area contributed by atoms with Crippen LogP contribution >= 0.6 is 15.9 Å². The Balaban J connectivity index is 1.32. The minimum absolute atomic E-state index is 0.373. The Morgan fingerprint density at radius 3 is 2.33 bits per heavy atom. The third-order valence-electron chi connectivity index (χ3n) is 5.32. The number of rotatable bonds is 5. The van der Waals surface area contributed by atoms with E-state index in [0.29, 0.717) is 23.0 Å². The fourth-order valence-electron chi connectivity index (χ4n) is 3.49. The fraction of sp³-hybridized carbons (Fsp3) is 0.0833. The molecule has 3 aromatic carbocycles. The summed E-state index contributed by atoms with van der Waals surface area (Å²) in [5, 5.41) is 8.96. The summed E-state index contributed by atoms with van der Waals surface area (Å²) in [4.78, 5) is 28.1. The molecule has 4 aromatic rings. The molecule has 0 aliphatic carbocycles. The number of nitrogens with zero attached hydrogens (tertiary/aromatic N) is 2. The summed E-state index contributed by atoms with van der Waals surface area (Å²) in [5.41, 5.74) is 1.01. The molecule has 8 nitrogen and oxygen atoms in total. The van der Waals surface area contributed by atoms with E-state index in [2.05, 4.69) is 36.7 Å². The van der Waals surface area contributed by atoms with Crippen LogP contribution in [0.25, 0.3) is 22.8 Å². The van der Waals surface area contributed by atoms with E-state index < -0.39 is 17.5 Å². The molecular formula is C24H17BrN4O4. The van der Waals surface area contributed by atoms with Gasteiger partial charge in [-0.3, -0.25) is 10.1 Å². The van der Waals surface area contributed by atoms with Gasteiger partial charge in [0, 0.05) is 15.6 Å². The zero-order valence-corrected chi connectivity index (χ0v) is 18.9. The Morgan fingerprint density at radius 2 is 1.67 bits per heavy atom. The molecule has 1 aliphatic heterocycles. The van der Waals surface area contributed by atoms with Crippen molar-refractivity contribution in [3.8, 4) is 34.3 Å². The molecule has 2 heterocycles. The maximum absolute atomic E-state index is 12.1. The maximum Gasteiger partial charge on any atom is 0.322 e. The smallest absolute Gasteiger partial charge is 0.322 e. The molecule has 33 heavy (non-hydrogen) atoms. The van der Waals surface area contributed by atoms with Crippen molar-refractivity contribution in [3.63, 3.8) is 0 Å². The highest BCUT2D eigenvalue weighted by Crippen LogP contribution is 2.29. The molecule has 1 aliphatic rings. The maximum atomic E-state index is 12.1. The highest BCUT2D eigenvalue weighted by atomic mass is 79.9. The Kier molecular flexibility index (Phi) is 5.18. The summed E-state index contributed by atoms with van der Waals surface area (Å²) >= 11 is 3.43. The molecule has 164 valence electrons. The van der Waals surface area contributed by atoms with Crippen LogP contribution in [-0.2, 0) is 10.3 Å². The number of carbonyl (C=O) groups is 2. The predicted molar refractivity (Wildman–Crippen MR) is 123 cm³/mol. The van der Waals surface area contributed by atoms with E-state index in [9.17, 15) is 9.59 Å². The van der Waals surface area contributed by atoms with Crippen molar-refractivity contribution < 1.29 is 18.8 Å². The van der Waals surface area contributed by atoms with Gasteiger partial charge in [-0.1, -0.05) is 51.4 Å². The largest absolute Gasteiger partial charge is 0.457 e. The van der Waals surface area contributed by atoms with Crippen molar-refractivity contribution in [2.24, 2.45) is 0 Å². The topological polar surface area (TPSA) is 106 Å². The quantitative estimate of drug-likeness (QED) is 0.370. The van der Waals surface area contributed by atoms with Gasteiger partial charge < -0.3 is 14.6 Å². The number of nitrogens with one attached hydrogen (secondary N) is 2. The van der Waals surface area contributed by atoms with Crippen molar-refractivity contribution >= 4 is 27.9 Å². The van der Waals surface area contributed by atoms with Gasteiger partial charge in [0.15, 0.2) is 0 Å². The van der Waals surface area contributed by atoms with Crippen molar-refractivity contribution in [1.29, 1.82) is 0 Å². The van der Waals surface area contributed by atoms with Gasteiger partial charge in [0.2, 0.25) is 5.82 Å². The van der Waals surface area contributed by atoms with Crippen molar-refractivity contribution in [1.82, 2.24) is 20.8 Å². The third kappa shape index (κ3) is 4.10. The fourth-order valence-corrected chi connectivity index (χ4v) is 3.87. The van der Waals surface area contributed by atoms with Gasteiger partial charge in [0.25, 0.3) is 11.8 Å². The Labute approximate surface area is 197 Å². The second kappa shape index (κ2) is 8.18. The van der Waals surface area contributed by atoms with E-state index in [4.69, 9.17) is 9.26 Å². The number of hydrogen-bond acceptors (Lipinski definition) is 6. The molecule has 0 saturated carbocycles. The van der Waals surface area contributed by atoms with Crippen molar-refractivity contribution in [3.05, 3.63) is 82.8 Å². The third-order valence-corrected chi connectivity index (χ3v) is 5.82. The lowest BCUT2D eigenvalue weighted by Gasteiger charge is -2.20. The average Bonchev–Trinajstić information content (AvgIpc) is 3.39. The first-order valence-electron chi connectivity index (χ1n) is 10.0. The van der Waals surface area contributed by atoms with Crippen LogP contribution in [0, 0.1) is 0 Å². The van der Waals surface area contributed by atoms with Crippen LogP contribution in [0.5, 0.6) is 11.5 Å². The minimum Gasteiger partial charge on any atom is -0.457 e. The highest BCUT2D eigenvalue weighted by Gasteiger charge is 2.43. The summed E-state index contributed by atoms with van der Waals surface area (Å²) in [6, 6.07) is 21.5. The molecule has 1 unspecified atom stereocenters. The van der Waals surface area contributed by atoms with Gasteiger partial charge in [-0.2, -0.15) is 4.98 Å². The van der Waals surface area contributed by atoms with Crippen LogP contribution in [0.3, 0.4) is 0 Å². The summed E-state index contributed by atoms with van der Waals surface area (Å²) in [6.45, 7) is 1.65. The van der Waals surface area contributed by atoms with Gasteiger partial charge in [-0.05, 0) is 55.0 Å². The van der Waals surface area contributed by atoms with Crippen molar-refractivity contribution in [2.45, 2.75) is 12.5 Å². The monoisotopic (exact) mass is 504 g/mol. The summed E-state index contributed by atoms with van der Waals surface area (Å²) in [7, 11) is 0. The molecule has 1 fully saturated rings. The van der Waals surface area contributed by atoms with Gasteiger partial charge >= 0.3 is 6.03 Å². The lowest BCUT2D eigenvalue weighted by Crippen LogP contribution is -2.40.